The first-order valence-corrected chi connectivity index (χ1v) is 7.03. The Morgan fingerprint density at radius 2 is 2.05 bits per heavy atom. The molecular formula is C14H14BrNO3. The van der Waals surface area contributed by atoms with E-state index in [4.69, 9.17) is 14.2 Å². The van der Waals surface area contributed by atoms with E-state index in [1.54, 1.807) is 0 Å². The summed E-state index contributed by atoms with van der Waals surface area (Å²) in [7, 11) is 0. The smallest absolute Gasteiger partial charge is 0.214 e. The van der Waals surface area contributed by atoms with Crippen LogP contribution in [0.5, 0.6) is 5.88 Å². The van der Waals surface area contributed by atoms with E-state index in [1.807, 2.05) is 30.3 Å². The number of hydrogen-bond acceptors (Lipinski definition) is 4. The molecule has 0 N–H and O–H groups in total. The lowest BCUT2D eigenvalue weighted by Gasteiger charge is -2.10. The lowest BCUT2D eigenvalue weighted by molar-refractivity contribution is -0.0533. The Labute approximate surface area is 119 Å². The fourth-order valence-electron chi connectivity index (χ4n) is 2.02. The normalized spacial score (nSPS) is 16.1. The molecule has 1 saturated heterocycles. The van der Waals surface area contributed by atoms with Gasteiger partial charge in [-0.05, 0) is 22.0 Å². The predicted molar refractivity (Wildman–Crippen MR) is 75.2 cm³/mol. The molecule has 100 valence electrons. The first kappa shape index (κ1) is 12.8. The maximum Gasteiger partial charge on any atom is 0.214 e. The zero-order chi connectivity index (χ0) is 13.1. The van der Waals surface area contributed by atoms with Gasteiger partial charge in [0.25, 0.3) is 0 Å². The van der Waals surface area contributed by atoms with Crippen LogP contribution in [-0.4, -0.2) is 31.1 Å². The Morgan fingerprint density at radius 1 is 1.26 bits per heavy atom. The van der Waals surface area contributed by atoms with E-state index < -0.39 is 0 Å². The molecule has 0 saturated carbocycles. The molecule has 5 heteroatoms. The molecule has 2 heterocycles. The van der Waals surface area contributed by atoms with Crippen LogP contribution >= 0.6 is 15.9 Å². The van der Waals surface area contributed by atoms with Gasteiger partial charge < -0.3 is 14.2 Å². The van der Waals surface area contributed by atoms with Gasteiger partial charge in [0.15, 0.2) is 6.29 Å². The van der Waals surface area contributed by atoms with Gasteiger partial charge in [0.2, 0.25) is 5.88 Å². The molecule has 1 fully saturated rings. The molecule has 1 aromatic carbocycles. The maximum absolute atomic E-state index is 5.66. The summed E-state index contributed by atoms with van der Waals surface area (Å²) in [6, 6.07) is 9.83. The number of aromatic nitrogens is 1. The highest BCUT2D eigenvalue weighted by molar-refractivity contribution is 9.10. The Morgan fingerprint density at radius 3 is 2.89 bits per heavy atom. The lowest BCUT2D eigenvalue weighted by atomic mass is 10.2. The average Bonchev–Trinajstić information content (AvgIpc) is 2.92. The van der Waals surface area contributed by atoms with Crippen LogP contribution in [0.2, 0.25) is 0 Å². The van der Waals surface area contributed by atoms with Crippen molar-refractivity contribution in [3.63, 3.8) is 0 Å². The number of nitrogens with zero attached hydrogens (tertiary/aromatic N) is 1. The largest absolute Gasteiger partial charge is 0.477 e. The fourth-order valence-corrected chi connectivity index (χ4v) is 2.55. The van der Waals surface area contributed by atoms with Gasteiger partial charge in [0.1, 0.15) is 0 Å². The number of pyridine rings is 1. The van der Waals surface area contributed by atoms with Crippen molar-refractivity contribution in [1.29, 1.82) is 0 Å². The zero-order valence-electron chi connectivity index (χ0n) is 10.3. The molecule has 19 heavy (non-hydrogen) atoms. The van der Waals surface area contributed by atoms with E-state index >= 15 is 0 Å². The summed E-state index contributed by atoms with van der Waals surface area (Å²) in [5.74, 6) is 0.614. The first-order valence-electron chi connectivity index (χ1n) is 6.24. The van der Waals surface area contributed by atoms with Crippen molar-refractivity contribution in [1.82, 2.24) is 4.98 Å². The van der Waals surface area contributed by atoms with E-state index in [-0.39, 0.29) is 6.29 Å². The van der Waals surface area contributed by atoms with Gasteiger partial charge >= 0.3 is 0 Å². The van der Waals surface area contributed by atoms with Crippen LogP contribution in [0.1, 0.15) is 6.42 Å². The number of halogens is 1. The van der Waals surface area contributed by atoms with Crippen molar-refractivity contribution < 1.29 is 14.2 Å². The van der Waals surface area contributed by atoms with Crippen molar-refractivity contribution in [3.8, 4) is 5.88 Å². The third-order valence-electron chi connectivity index (χ3n) is 2.94. The minimum Gasteiger partial charge on any atom is -0.477 e. The minimum atomic E-state index is -0.135. The number of hydrogen-bond donors (Lipinski definition) is 0. The van der Waals surface area contributed by atoms with Gasteiger partial charge in [-0.1, -0.05) is 18.2 Å². The van der Waals surface area contributed by atoms with Crippen LogP contribution < -0.4 is 4.74 Å². The summed E-state index contributed by atoms with van der Waals surface area (Å²) in [5.41, 5.74) is 0.917. The number of para-hydroxylation sites is 1. The van der Waals surface area contributed by atoms with Gasteiger partial charge in [-0.15, -0.1) is 0 Å². The van der Waals surface area contributed by atoms with Crippen LogP contribution in [0.4, 0.5) is 0 Å². The summed E-state index contributed by atoms with van der Waals surface area (Å²) >= 11 is 3.54. The molecule has 1 aliphatic heterocycles. The molecule has 0 unspecified atom stereocenters. The zero-order valence-corrected chi connectivity index (χ0v) is 11.9. The van der Waals surface area contributed by atoms with Crippen molar-refractivity contribution in [2.45, 2.75) is 12.7 Å². The van der Waals surface area contributed by atoms with Gasteiger partial charge in [0, 0.05) is 22.3 Å². The van der Waals surface area contributed by atoms with Crippen molar-refractivity contribution in [3.05, 3.63) is 34.8 Å². The van der Waals surface area contributed by atoms with Gasteiger partial charge in [-0.3, -0.25) is 0 Å². The highest BCUT2D eigenvalue weighted by Gasteiger charge is 2.15. The standard InChI is InChI=1S/C14H14BrNO3/c15-11-9-13(16-12-4-2-1-3-10(11)12)17-6-5-14-18-7-8-19-14/h1-4,9,14H,5-8H2. The molecule has 0 amide bonds. The molecule has 0 spiro atoms. The van der Waals surface area contributed by atoms with E-state index in [9.17, 15) is 0 Å². The van der Waals surface area contributed by atoms with Crippen LogP contribution in [0.3, 0.4) is 0 Å². The van der Waals surface area contributed by atoms with Crippen molar-refractivity contribution >= 4 is 26.8 Å². The molecule has 1 aliphatic rings. The third kappa shape index (κ3) is 3.05. The molecule has 0 aliphatic carbocycles. The number of ether oxygens (including phenoxy) is 3. The van der Waals surface area contributed by atoms with E-state index in [0.29, 0.717) is 32.1 Å². The minimum absolute atomic E-state index is 0.135. The SMILES string of the molecule is Brc1cc(OCCC2OCCO2)nc2ccccc12. The second-order valence-corrected chi connectivity index (χ2v) is 5.12. The highest BCUT2D eigenvalue weighted by Crippen LogP contribution is 2.26. The summed E-state index contributed by atoms with van der Waals surface area (Å²) in [6.45, 7) is 1.87. The van der Waals surface area contributed by atoms with E-state index in [2.05, 4.69) is 20.9 Å². The maximum atomic E-state index is 5.66. The van der Waals surface area contributed by atoms with Gasteiger partial charge in [0.05, 0.1) is 25.3 Å². The Hall–Kier alpha value is -1.17. The molecule has 0 atom stereocenters. The second kappa shape index (κ2) is 5.86. The molecule has 3 rings (SSSR count). The van der Waals surface area contributed by atoms with Crippen LogP contribution in [0, 0.1) is 0 Å². The van der Waals surface area contributed by atoms with Crippen LogP contribution in [0.15, 0.2) is 34.8 Å². The predicted octanol–water partition coefficient (Wildman–Crippen LogP) is 3.14. The molecule has 0 bridgehead atoms. The fraction of sp³-hybridized carbons (Fsp3) is 0.357. The molecule has 4 nitrogen and oxygen atoms in total. The summed E-state index contributed by atoms with van der Waals surface area (Å²) in [6.07, 6.45) is 0.579. The molecule has 2 aromatic rings. The highest BCUT2D eigenvalue weighted by atomic mass is 79.9. The number of benzene rings is 1. The van der Waals surface area contributed by atoms with Gasteiger partial charge in [-0.2, -0.15) is 0 Å². The van der Waals surface area contributed by atoms with Crippen molar-refractivity contribution in [2.24, 2.45) is 0 Å². The monoisotopic (exact) mass is 323 g/mol. The van der Waals surface area contributed by atoms with Gasteiger partial charge in [-0.25, -0.2) is 4.98 Å². The van der Waals surface area contributed by atoms with E-state index in [0.717, 1.165) is 15.4 Å². The van der Waals surface area contributed by atoms with Crippen LogP contribution in [-0.2, 0) is 9.47 Å². The lowest BCUT2D eigenvalue weighted by Crippen LogP contribution is -2.13. The number of fused-ring (bicyclic) bond motifs is 1. The first-order chi connectivity index (χ1) is 9.33. The summed E-state index contributed by atoms with van der Waals surface area (Å²) in [4.78, 5) is 4.47. The Kier molecular flexibility index (Phi) is 3.96. The van der Waals surface area contributed by atoms with E-state index in [1.165, 1.54) is 0 Å². The second-order valence-electron chi connectivity index (χ2n) is 4.27. The average molecular weight is 324 g/mol. The van der Waals surface area contributed by atoms with Crippen LogP contribution in [0.25, 0.3) is 10.9 Å². The Bertz CT molecular complexity index is 570. The third-order valence-corrected chi connectivity index (χ3v) is 3.59. The molecule has 1 aromatic heterocycles. The summed E-state index contributed by atoms with van der Waals surface area (Å²) < 4.78 is 17.3. The summed E-state index contributed by atoms with van der Waals surface area (Å²) in [5, 5.41) is 1.08. The number of rotatable bonds is 4. The Balaban J connectivity index is 1.67. The molecular weight excluding hydrogens is 310 g/mol. The topological polar surface area (TPSA) is 40.6 Å². The molecule has 0 radical (unpaired) electrons. The quantitative estimate of drug-likeness (QED) is 0.866. The van der Waals surface area contributed by atoms with Crippen molar-refractivity contribution in [2.75, 3.05) is 19.8 Å².